The second-order valence-electron chi connectivity index (χ2n) is 10.1. The van der Waals surface area contributed by atoms with Crippen LogP contribution < -0.4 is 5.32 Å². The van der Waals surface area contributed by atoms with Gasteiger partial charge in [-0.15, -0.1) is 0 Å². The first-order valence-electron chi connectivity index (χ1n) is 11.0. The van der Waals surface area contributed by atoms with Crippen molar-refractivity contribution in [2.75, 3.05) is 5.32 Å². The number of hydrogen-bond acceptors (Lipinski definition) is 3. The molecular weight excluding hydrogens is 374 g/mol. The standard InChI is InChI=1S/C25H27N3O2/c29-23(14-24-10-17-9-18(11-24)13-25(30,12-17)15-24)27-19-5-7-20(8-6-19)28-16-26-21-3-1-2-4-22(21)28/h1-8,16-18,30H,9-15H2,(H,27,29). The fourth-order valence-electron chi connectivity index (χ4n) is 7.02. The number of hydrogen-bond donors (Lipinski definition) is 2. The van der Waals surface area contributed by atoms with Crippen LogP contribution in [-0.2, 0) is 4.79 Å². The van der Waals surface area contributed by atoms with Crippen molar-refractivity contribution in [3.63, 3.8) is 0 Å². The molecule has 2 aromatic carbocycles. The molecule has 4 bridgehead atoms. The van der Waals surface area contributed by atoms with Crippen molar-refractivity contribution in [2.24, 2.45) is 17.3 Å². The van der Waals surface area contributed by atoms with Crippen molar-refractivity contribution < 1.29 is 9.90 Å². The lowest BCUT2D eigenvalue weighted by Gasteiger charge is -2.60. The van der Waals surface area contributed by atoms with E-state index >= 15 is 0 Å². The van der Waals surface area contributed by atoms with Gasteiger partial charge < -0.3 is 10.4 Å². The second kappa shape index (κ2) is 6.42. The lowest BCUT2D eigenvalue weighted by molar-refractivity contribution is -0.167. The molecule has 30 heavy (non-hydrogen) atoms. The van der Waals surface area contributed by atoms with Crippen LogP contribution in [0.2, 0.25) is 0 Å². The first-order valence-corrected chi connectivity index (χ1v) is 11.0. The van der Waals surface area contributed by atoms with E-state index in [9.17, 15) is 9.90 Å². The zero-order chi connectivity index (χ0) is 20.3. The Labute approximate surface area is 176 Å². The molecule has 2 N–H and O–H groups in total. The normalized spacial score (nSPS) is 31.9. The lowest BCUT2D eigenvalue weighted by Crippen LogP contribution is -2.56. The number of para-hydroxylation sites is 2. The molecule has 0 radical (unpaired) electrons. The lowest BCUT2D eigenvalue weighted by atomic mass is 9.47. The minimum atomic E-state index is -0.514. The zero-order valence-electron chi connectivity index (χ0n) is 17.1. The van der Waals surface area contributed by atoms with Gasteiger partial charge in [-0.05, 0) is 92.2 Å². The largest absolute Gasteiger partial charge is 0.390 e. The van der Waals surface area contributed by atoms with E-state index in [1.54, 1.807) is 0 Å². The summed E-state index contributed by atoms with van der Waals surface area (Å²) >= 11 is 0. The maximum absolute atomic E-state index is 12.9. The number of aliphatic hydroxyl groups is 1. The third kappa shape index (κ3) is 3.03. The molecule has 5 nitrogen and oxygen atoms in total. The molecule has 2 atom stereocenters. The topological polar surface area (TPSA) is 67.2 Å². The number of benzene rings is 2. The number of amides is 1. The van der Waals surface area contributed by atoms with Gasteiger partial charge in [0.05, 0.1) is 16.6 Å². The number of aromatic nitrogens is 2. The third-order valence-electron chi connectivity index (χ3n) is 7.57. The average Bonchev–Trinajstić information content (AvgIpc) is 3.10. The maximum Gasteiger partial charge on any atom is 0.224 e. The van der Waals surface area contributed by atoms with E-state index in [1.807, 2.05) is 48.8 Å². The van der Waals surface area contributed by atoms with Crippen LogP contribution >= 0.6 is 0 Å². The highest BCUT2D eigenvalue weighted by molar-refractivity contribution is 5.91. The summed E-state index contributed by atoms with van der Waals surface area (Å²) < 4.78 is 2.05. The number of fused-ring (bicyclic) bond motifs is 1. The van der Waals surface area contributed by atoms with Crippen LogP contribution in [0.4, 0.5) is 5.69 Å². The van der Waals surface area contributed by atoms with Crippen molar-refractivity contribution in [3.05, 3.63) is 54.9 Å². The van der Waals surface area contributed by atoms with E-state index in [1.165, 1.54) is 6.42 Å². The van der Waals surface area contributed by atoms with Crippen molar-refractivity contribution in [1.29, 1.82) is 0 Å². The van der Waals surface area contributed by atoms with Gasteiger partial charge in [0, 0.05) is 17.8 Å². The molecule has 4 aliphatic rings. The summed E-state index contributed by atoms with van der Waals surface area (Å²) in [5.41, 5.74) is 3.35. The number of nitrogens with one attached hydrogen (secondary N) is 1. The summed E-state index contributed by atoms with van der Waals surface area (Å²) in [6.07, 6.45) is 8.49. The van der Waals surface area contributed by atoms with E-state index in [-0.39, 0.29) is 11.3 Å². The average molecular weight is 402 g/mol. The SMILES string of the molecule is O=C(CC12CC3CC(CC(O)(C3)C1)C2)Nc1ccc(-n2cnc3ccccc32)cc1. The number of nitrogens with zero attached hydrogens (tertiary/aromatic N) is 2. The fourth-order valence-corrected chi connectivity index (χ4v) is 7.02. The quantitative estimate of drug-likeness (QED) is 0.667. The molecule has 1 heterocycles. The van der Waals surface area contributed by atoms with E-state index in [0.29, 0.717) is 18.3 Å². The molecule has 2 unspecified atom stereocenters. The van der Waals surface area contributed by atoms with Gasteiger partial charge in [-0.3, -0.25) is 9.36 Å². The smallest absolute Gasteiger partial charge is 0.224 e. The van der Waals surface area contributed by atoms with Gasteiger partial charge in [0.2, 0.25) is 5.91 Å². The van der Waals surface area contributed by atoms with E-state index in [4.69, 9.17) is 0 Å². The third-order valence-corrected chi connectivity index (χ3v) is 7.57. The Morgan fingerprint density at radius 1 is 1.07 bits per heavy atom. The highest BCUT2D eigenvalue weighted by atomic mass is 16.3. The molecule has 3 aromatic rings. The molecule has 4 aliphatic carbocycles. The van der Waals surface area contributed by atoms with Crippen molar-refractivity contribution in [3.8, 4) is 5.69 Å². The minimum Gasteiger partial charge on any atom is -0.390 e. The molecule has 4 saturated carbocycles. The summed E-state index contributed by atoms with van der Waals surface area (Å²) in [4.78, 5) is 17.3. The van der Waals surface area contributed by atoms with Crippen LogP contribution in [0.1, 0.15) is 44.9 Å². The molecule has 0 spiro atoms. The predicted octanol–water partition coefficient (Wildman–Crippen LogP) is 4.69. The summed E-state index contributed by atoms with van der Waals surface area (Å²) in [5.74, 6) is 1.28. The van der Waals surface area contributed by atoms with Gasteiger partial charge in [0.15, 0.2) is 0 Å². The van der Waals surface area contributed by atoms with Crippen LogP contribution in [0.15, 0.2) is 54.9 Å². The van der Waals surface area contributed by atoms with Crippen LogP contribution in [0.5, 0.6) is 0 Å². The number of rotatable bonds is 4. The summed E-state index contributed by atoms with van der Waals surface area (Å²) in [6.45, 7) is 0. The second-order valence-corrected chi connectivity index (χ2v) is 10.1. The maximum atomic E-state index is 12.9. The van der Waals surface area contributed by atoms with Crippen molar-refractivity contribution in [2.45, 2.75) is 50.5 Å². The monoisotopic (exact) mass is 401 g/mol. The Bertz CT molecular complexity index is 1100. The number of carbonyl (C=O) groups excluding carboxylic acids is 1. The van der Waals surface area contributed by atoms with Crippen LogP contribution in [0.25, 0.3) is 16.7 Å². The number of imidazole rings is 1. The van der Waals surface area contributed by atoms with Gasteiger partial charge in [-0.25, -0.2) is 4.98 Å². The number of anilines is 1. The molecule has 7 rings (SSSR count). The highest BCUT2D eigenvalue weighted by Gasteiger charge is 2.57. The van der Waals surface area contributed by atoms with Crippen LogP contribution in [-0.4, -0.2) is 26.2 Å². The molecule has 5 heteroatoms. The van der Waals surface area contributed by atoms with Crippen LogP contribution in [0.3, 0.4) is 0 Å². The summed E-state index contributed by atoms with van der Waals surface area (Å²) in [5, 5.41) is 14.0. The van der Waals surface area contributed by atoms with Crippen molar-refractivity contribution in [1.82, 2.24) is 9.55 Å². The molecule has 154 valence electrons. The van der Waals surface area contributed by atoms with Gasteiger partial charge in [0.1, 0.15) is 6.33 Å². The van der Waals surface area contributed by atoms with E-state index in [0.717, 1.165) is 54.5 Å². The van der Waals surface area contributed by atoms with Crippen LogP contribution in [0, 0.1) is 17.3 Å². The fraction of sp³-hybridized carbons (Fsp3) is 0.440. The summed E-state index contributed by atoms with van der Waals surface area (Å²) in [7, 11) is 0. The Hall–Kier alpha value is -2.66. The predicted molar refractivity (Wildman–Crippen MR) is 116 cm³/mol. The molecule has 0 aliphatic heterocycles. The minimum absolute atomic E-state index is 0.00141. The van der Waals surface area contributed by atoms with Crippen molar-refractivity contribution >= 4 is 22.6 Å². The molecule has 1 amide bonds. The molecule has 1 aromatic heterocycles. The Balaban J connectivity index is 1.16. The Morgan fingerprint density at radius 2 is 1.80 bits per heavy atom. The number of carbonyl (C=O) groups is 1. The van der Waals surface area contributed by atoms with Gasteiger partial charge >= 0.3 is 0 Å². The first kappa shape index (κ1) is 18.1. The molecule has 0 saturated heterocycles. The Kier molecular flexibility index (Phi) is 3.88. The molecule has 4 fully saturated rings. The van der Waals surface area contributed by atoms with E-state index in [2.05, 4.69) is 20.9 Å². The molecular formula is C25H27N3O2. The zero-order valence-corrected chi connectivity index (χ0v) is 17.1. The van der Waals surface area contributed by atoms with E-state index < -0.39 is 5.60 Å². The van der Waals surface area contributed by atoms with Gasteiger partial charge in [-0.2, -0.15) is 0 Å². The Morgan fingerprint density at radius 3 is 2.53 bits per heavy atom. The highest BCUT2D eigenvalue weighted by Crippen LogP contribution is 2.62. The first-order chi connectivity index (χ1) is 14.5. The summed E-state index contributed by atoms with van der Waals surface area (Å²) in [6, 6.07) is 16.0. The van der Waals surface area contributed by atoms with Gasteiger partial charge in [0.25, 0.3) is 0 Å². The van der Waals surface area contributed by atoms with Gasteiger partial charge in [-0.1, -0.05) is 12.1 Å².